The fraction of sp³-hybridized carbons (Fsp3) is 0.500. The van der Waals surface area contributed by atoms with Crippen LogP contribution in [-0.2, 0) is 9.57 Å². The summed E-state index contributed by atoms with van der Waals surface area (Å²) in [6.45, 7) is 3.41. The van der Waals surface area contributed by atoms with Gasteiger partial charge in [-0.1, -0.05) is 0 Å². The summed E-state index contributed by atoms with van der Waals surface area (Å²) in [5, 5.41) is 1.77. The van der Waals surface area contributed by atoms with Gasteiger partial charge in [-0.05, 0) is 19.1 Å². The first-order valence-corrected chi connectivity index (χ1v) is 3.68. The smallest absolute Gasteiger partial charge is 0.118 e. The summed E-state index contributed by atoms with van der Waals surface area (Å²) in [5.41, 5.74) is 0. The van der Waals surface area contributed by atoms with Crippen molar-refractivity contribution in [3.63, 3.8) is 0 Å². The second-order valence-corrected chi connectivity index (χ2v) is 2.14. The molecule has 0 fully saturated rings. The average molecular weight is 155 g/mol. The lowest BCUT2D eigenvalue weighted by atomic mass is 10.3. The summed E-state index contributed by atoms with van der Waals surface area (Å²) >= 11 is 0. The molecule has 11 heavy (non-hydrogen) atoms. The maximum atomic E-state index is 5.22. The van der Waals surface area contributed by atoms with Crippen molar-refractivity contribution in [2.75, 3.05) is 20.3 Å². The number of hydrogen-bond acceptors (Lipinski definition) is 3. The maximum Gasteiger partial charge on any atom is 0.118 e. The van der Waals surface area contributed by atoms with E-state index < -0.39 is 0 Å². The molecule has 0 atom stereocenters. The summed E-state index contributed by atoms with van der Waals surface area (Å²) in [6, 6.07) is 0. The van der Waals surface area contributed by atoms with Crippen molar-refractivity contribution < 1.29 is 9.57 Å². The fourth-order valence-corrected chi connectivity index (χ4v) is 0.878. The van der Waals surface area contributed by atoms with Gasteiger partial charge in [-0.2, -0.15) is 0 Å². The lowest BCUT2D eigenvalue weighted by Crippen LogP contribution is -2.20. The van der Waals surface area contributed by atoms with Crippen molar-refractivity contribution in [1.29, 1.82) is 0 Å². The molecule has 0 radical (unpaired) electrons. The zero-order chi connectivity index (χ0) is 8.10. The van der Waals surface area contributed by atoms with Gasteiger partial charge in [0.25, 0.3) is 0 Å². The SMILES string of the molecule is CCON1C=CC(OC)=CC1. The van der Waals surface area contributed by atoms with Crippen molar-refractivity contribution in [3.8, 4) is 0 Å². The number of ether oxygens (including phenoxy) is 1. The predicted molar refractivity (Wildman–Crippen MR) is 42.6 cm³/mol. The predicted octanol–water partition coefficient (Wildman–Crippen LogP) is 1.30. The highest BCUT2D eigenvalue weighted by Crippen LogP contribution is 2.06. The van der Waals surface area contributed by atoms with Gasteiger partial charge in [0.2, 0.25) is 0 Å². The zero-order valence-corrected chi connectivity index (χ0v) is 6.91. The van der Waals surface area contributed by atoms with Gasteiger partial charge >= 0.3 is 0 Å². The van der Waals surface area contributed by atoms with Crippen LogP contribution in [0.25, 0.3) is 0 Å². The van der Waals surface area contributed by atoms with Gasteiger partial charge in [0.15, 0.2) is 0 Å². The van der Waals surface area contributed by atoms with Crippen LogP contribution in [0.5, 0.6) is 0 Å². The number of hydroxylamine groups is 2. The van der Waals surface area contributed by atoms with Gasteiger partial charge in [-0.25, -0.2) is 0 Å². The zero-order valence-electron chi connectivity index (χ0n) is 6.91. The molecule has 62 valence electrons. The van der Waals surface area contributed by atoms with Gasteiger partial charge in [0, 0.05) is 6.20 Å². The molecule has 0 unspecified atom stereocenters. The molecular formula is C8H13NO2. The molecule has 3 nitrogen and oxygen atoms in total. The standard InChI is InChI=1S/C8H13NO2/c1-3-11-9-6-4-8(10-2)5-7-9/h4-6H,3,7H2,1-2H3. The minimum absolute atomic E-state index is 0.695. The second kappa shape index (κ2) is 4.03. The summed E-state index contributed by atoms with van der Waals surface area (Å²) in [6.07, 6.45) is 5.71. The number of hydrogen-bond donors (Lipinski definition) is 0. The summed E-state index contributed by atoms with van der Waals surface area (Å²) in [7, 11) is 1.66. The lowest BCUT2D eigenvalue weighted by molar-refractivity contribution is -0.108. The van der Waals surface area contributed by atoms with Gasteiger partial charge in [0.05, 0.1) is 20.3 Å². The Morgan fingerprint density at radius 1 is 1.64 bits per heavy atom. The molecule has 0 saturated carbocycles. The summed E-state index contributed by atoms with van der Waals surface area (Å²) in [4.78, 5) is 5.22. The Balaban J connectivity index is 2.37. The molecule has 1 heterocycles. The number of nitrogens with zero attached hydrogens (tertiary/aromatic N) is 1. The van der Waals surface area contributed by atoms with Gasteiger partial charge in [0.1, 0.15) is 5.76 Å². The van der Waals surface area contributed by atoms with E-state index in [9.17, 15) is 0 Å². The maximum absolute atomic E-state index is 5.22. The third kappa shape index (κ3) is 2.27. The Kier molecular flexibility index (Phi) is 2.98. The normalized spacial score (nSPS) is 16.5. The van der Waals surface area contributed by atoms with E-state index in [2.05, 4.69) is 0 Å². The second-order valence-electron chi connectivity index (χ2n) is 2.14. The van der Waals surface area contributed by atoms with E-state index >= 15 is 0 Å². The number of methoxy groups -OCH3 is 1. The highest BCUT2D eigenvalue weighted by Gasteiger charge is 2.02. The molecule has 1 aliphatic heterocycles. The van der Waals surface area contributed by atoms with Crippen LogP contribution < -0.4 is 0 Å². The van der Waals surface area contributed by atoms with Crippen molar-refractivity contribution in [3.05, 3.63) is 24.1 Å². The first-order valence-electron chi connectivity index (χ1n) is 3.68. The van der Waals surface area contributed by atoms with Crippen molar-refractivity contribution in [2.45, 2.75) is 6.92 Å². The van der Waals surface area contributed by atoms with Crippen LogP contribution in [0.4, 0.5) is 0 Å². The average Bonchev–Trinajstić information content (AvgIpc) is 2.07. The van der Waals surface area contributed by atoms with E-state index in [1.54, 1.807) is 12.2 Å². The molecule has 1 rings (SSSR count). The Labute approximate surface area is 66.8 Å². The van der Waals surface area contributed by atoms with E-state index in [0.29, 0.717) is 6.61 Å². The third-order valence-electron chi connectivity index (χ3n) is 1.41. The molecule has 3 heteroatoms. The minimum Gasteiger partial charge on any atom is -0.497 e. The number of allylic oxidation sites excluding steroid dienone is 1. The van der Waals surface area contributed by atoms with Crippen LogP contribution in [0.2, 0.25) is 0 Å². The molecule has 0 saturated heterocycles. The molecule has 1 aliphatic rings. The molecule has 0 aromatic rings. The molecule has 0 bridgehead atoms. The van der Waals surface area contributed by atoms with Gasteiger partial charge in [-0.15, -0.1) is 0 Å². The first kappa shape index (κ1) is 8.14. The van der Waals surface area contributed by atoms with Crippen molar-refractivity contribution in [2.24, 2.45) is 0 Å². The first-order chi connectivity index (χ1) is 5.36. The van der Waals surface area contributed by atoms with E-state index in [0.717, 1.165) is 12.3 Å². The Hall–Kier alpha value is -0.960. The Morgan fingerprint density at radius 2 is 2.45 bits per heavy atom. The van der Waals surface area contributed by atoms with E-state index in [-0.39, 0.29) is 0 Å². The Morgan fingerprint density at radius 3 is 2.91 bits per heavy atom. The molecule has 0 N–H and O–H groups in total. The van der Waals surface area contributed by atoms with Crippen LogP contribution >= 0.6 is 0 Å². The van der Waals surface area contributed by atoms with E-state index in [1.807, 2.05) is 25.3 Å². The van der Waals surface area contributed by atoms with Gasteiger partial charge in [-0.3, -0.25) is 9.90 Å². The Bertz CT molecular complexity index is 175. The molecule has 0 amide bonds. The molecule has 0 aromatic heterocycles. The lowest BCUT2D eigenvalue weighted by Gasteiger charge is -2.20. The monoisotopic (exact) mass is 155 g/mol. The topological polar surface area (TPSA) is 21.7 Å². The third-order valence-corrected chi connectivity index (χ3v) is 1.41. The van der Waals surface area contributed by atoms with Crippen LogP contribution in [-0.4, -0.2) is 25.3 Å². The molecule has 0 aromatic carbocycles. The molecular weight excluding hydrogens is 142 g/mol. The van der Waals surface area contributed by atoms with Crippen LogP contribution in [0, 0.1) is 0 Å². The van der Waals surface area contributed by atoms with E-state index in [1.165, 1.54) is 0 Å². The summed E-state index contributed by atoms with van der Waals surface area (Å²) < 4.78 is 5.01. The van der Waals surface area contributed by atoms with Gasteiger partial charge < -0.3 is 4.74 Å². The fourth-order valence-electron chi connectivity index (χ4n) is 0.878. The van der Waals surface area contributed by atoms with Crippen LogP contribution in [0.1, 0.15) is 6.92 Å². The minimum atomic E-state index is 0.695. The highest BCUT2D eigenvalue weighted by molar-refractivity contribution is 5.15. The largest absolute Gasteiger partial charge is 0.497 e. The van der Waals surface area contributed by atoms with E-state index in [4.69, 9.17) is 9.57 Å². The highest BCUT2D eigenvalue weighted by atomic mass is 16.7. The van der Waals surface area contributed by atoms with Crippen molar-refractivity contribution >= 4 is 0 Å². The number of rotatable bonds is 3. The quantitative estimate of drug-likeness (QED) is 0.613. The molecule has 0 aliphatic carbocycles. The van der Waals surface area contributed by atoms with Crippen molar-refractivity contribution in [1.82, 2.24) is 5.06 Å². The van der Waals surface area contributed by atoms with Crippen LogP contribution in [0.15, 0.2) is 24.1 Å². The molecule has 0 spiro atoms. The summed E-state index contributed by atoms with van der Waals surface area (Å²) in [5.74, 6) is 0.890. The van der Waals surface area contributed by atoms with Crippen LogP contribution in [0.3, 0.4) is 0 Å².